The first kappa shape index (κ1) is 24.6. The number of carbonyl (C=O) groups is 2. The Labute approximate surface area is 212 Å². The number of aryl methyl sites for hydroxylation is 1. The third-order valence-corrected chi connectivity index (χ3v) is 7.26. The minimum Gasteiger partial charge on any atom is -0.458 e. The van der Waals surface area contributed by atoms with Gasteiger partial charge in [-0.25, -0.2) is 0 Å². The number of amides is 2. The number of rotatable bonds is 10. The van der Waals surface area contributed by atoms with E-state index in [9.17, 15) is 9.59 Å². The van der Waals surface area contributed by atoms with E-state index in [2.05, 4.69) is 20.7 Å². The maximum Gasteiger partial charge on any atom is 0.248 e. The fourth-order valence-electron chi connectivity index (χ4n) is 4.52. The maximum absolute atomic E-state index is 13.7. The van der Waals surface area contributed by atoms with Crippen molar-refractivity contribution in [1.29, 1.82) is 0 Å². The molecule has 5 rings (SSSR count). The largest absolute Gasteiger partial charge is 0.458 e. The molecular weight excluding hydrogens is 484 g/mol. The van der Waals surface area contributed by atoms with E-state index in [1.54, 1.807) is 11.0 Å². The normalized spacial score (nSPS) is 20.5. The van der Waals surface area contributed by atoms with Crippen molar-refractivity contribution in [1.82, 2.24) is 30.4 Å². The zero-order chi connectivity index (χ0) is 24.9. The topological polar surface area (TPSA) is 125 Å². The van der Waals surface area contributed by atoms with Gasteiger partial charge in [-0.05, 0) is 61.4 Å². The van der Waals surface area contributed by atoms with Crippen LogP contribution in [-0.2, 0) is 25.6 Å². The van der Waals surface area contributed by atoms with E-state index < -0.39 is 6.04 Å². The van der Waals surface area contributed by atoms with Crippen LogP contribution in [0.1, 0.15) is 42.4 Å². The van der Waals surface area contributed by atoms with E-state index in [0.29, 0.717) is 37.9 Å². The standard InChI is InChI=1S/C24H30N6O5S/c1-16-8-9-19(35-16)23-26-28-30(27-23)15-21(31)29(14-18-6-3-11-34-18)22(20-7-4-12-36-20)24(32)25-13-17-5-2-10-33-17/h4,7-9,12,17-18,22H,2-3,5-6,10-11,13-15H2,1H3,(H,25,32)/t17-,18+,22+/m1/s1. The first-order valence-corrected chi connectivity index (χ1v) is 13.1. The third kappa shape index (κ3) is 5.82. The molecule has 0 unspecified atom stereocenters. The van der Waals surface area contributed by atoms with Gasteiger partial charge in [-0.3, -0.25) is 9.59 Å². The fraction of sp³-hybridized carbons (Fsp3) is 0.542. The molecule has 2 amide bonds. The lowest BCUT2D eigenvalue weighted by atomic mass is 10.1. The molecular formula is C24H30N6O5S. The van der Waals surface area contributed by atoms with Crippen LogP contribution < -0.4 is 5.32 Å². The highest BCUT2D eigenvalue weighted by Gasteiger charge is 2.35. The third-order valence-electron chi connectivity index (χ3n) is 6.34. The van der Waals surface area contributed by atoms with Gasteiger partial charge >= 0.3 is 0 Å². The Morgan fingerprint density at radius 2 is 2.00 bits per heavy atom. The molecule has 0 bridgehead atoms. The van der Waals surface area contributed by atoms with Gasteiger partial charge in [0.15, 0.2) is 5.76 Å². The maximum atomic E-state index is 13.7. The summed E-state index contributed by atoms with van der Waals surface area (Å²) in [4.78, 5) is 30.8. The number of furan rings is 1. The molecule has 5 heterocycles. The summed E-state index contributed by atoms with van der Waals surface area (Å²) >= 11 is 1.44. The van der Waals surface area contributed by atoms with Gasteiger partial charge in [-0.1, -0.05) is 6.07 Å². The van der Waals surface area contributed by atoms with Crippen molar-refractivity contribution < 1.29 is 23.5 Å². The van der Waals surface area contributed by atoms with Gasteiger partial charge in [-0.15, -0.1) is 21.5 Å². The lowest BCUT2D eigenvalue weighted by Gasteiger charge is -2.32. The highest BCUT2D eigenvalue weighted by molar-refractivity contribution is 7.10. The number of ether oxygens (including phenoxy) is 2. The molecule has 12 heteroatoms. The van der Waals surface area contributed by atoms with Crippen LogP contribution in [-0.4, -0.2) is 75.4 Å². The lowest BCUT2D eigenvalue weighted by Crippen LogP contribution is -2.48. The van der Waals surface area contributed by atoms with Gasteiger partial charge in [0, 0.05) is 31.2 Å². The second-order valence-corrected chi connectivity index (χ2v) is 10.0. The minimum absolute atomic E-state index is 0.00302. The van der Waals surface area contributed by atoms with E-state index in [1.165, 1.54) is 16.1 Å². The number of thiophene rings is 1. The van der Waals surface area contributed by atoms with Crippen molar-refractivity contribution in [3.05, 3.63) is 40.3 Å². The monoisotopic (exact) mass is 514 g/mol. The highest BCUT2D eigenvalue weighted by Crippen LogP contribution is 2.28. The van der Waals surface area contributed by atoms with E-state index in [4.69, 9.17) is 13.9 Å². The molecule has 2 fully saturated rings. The molecule has 3 aromatic heterocycles. The van der Waals surface area contributed by atoms with Gasteiger partial charge in [-0.2, -0.15) is 4.80 Å². The molecule has 3 atom stereocenters. The molecule has 0 aliphatic carbocycles. The molecule has 0 radical (unpaired) electrons. The van der Waals surface area contributed by atoms with Crippen molar-refractivity contribution in [3.63, 3.8) is 0 Å². The number of nitrogens with zero attached hydrogens (tertiary/aromatic N) is 5. The zero-order valence-corrected chi connectivity index (χ0v) is 21.0. The molecule has 0 aromatic carbocycles. The average molecular weight is 515 g/mol. The summed E-state index contributed by atoms with van der Waals surface area (Å²) in [6, 6.07) is 6.53. The van der Waals surface area contributed by atoms with Crippen molar-refractivity contribution in [2.75, 3.05) is 26.3 Å². The van der Waals surface area contributed by atoms with Crippen LogP contribution in [0.3, 0.4) is 0 Å². The molecule has 2 saturated heterocycles. The molecule has 3 aromatic rings. The number of aromatic nitrogens is 4. The Morgan fingerprint density at radius 3 is 2.67 bits per heavy atom. The second-order valence-electron chi connectivity index (χ2n) is 9.03. The first-order valence-electron chi connectivity index (χ1n) is 12.3. The van der Waals surface area contributed by atoms with Gasteiger partial charge in [0.25, 0.3) is 0 Å². The van der Waals surface area contributed by atoms with Crippen LogP contribution >= 0.6 is 11.3 Å². The Bertz CT molecular complexity index is 1150. The summed E-state index contributed by atoms with van der Waals surface area (Å²) in [5, 5.41) is 17.3. The number of tetrazole rings is 1. The summed E-state index contributed by atoms with van der Waals surface area (Å²) in [6.45, 7) is 3.74. The van der Waals surface area contributed by atoms with Gasteiger partial charge < -0.3 is 24.1 Å². The molecule has 2 aliphatic rings. The number of hydrogen-bond acceptors (Lipinski definition) is 9. The summed E-state index contributed by atoms with van der Waals surface area (Å²) in [5.41, 5.74) is 0. The minimum atomic E-state index is -0.793. The molecule has 0 saturated carbocycles. The van der Waals surface area contributed by atoms with Gasteiger partial charge in [0.05, 0.1) is 12.2 Å². The van der Waals surface area contributed by atoms with Crippen LogP contribution in [0.15, 0.2) is 34.1 Å². The highest BCUT2D eigenvalue weighted by atomic mass is 32.1. The summed E-state index contributed by atoms with van der Waals surface area (Å²) < 4.78 is 17.1. The Kier molecular flexibility index (Phi) is 7.73. The fourth-order valence-corrected chi connectivity index (χ4v) is 5.36. The summed E-state index contributed by atoms with van der Waals surface area (Å²) in [6.07, 6.45) is 3.54. The summed E-state index contributed by atoms with van der Waals surface area (Å²) in [5.74, 6) is 0.972. The van der Waals surface area contributed by atoms with E-state index in [1.807, 2.05) is 30.5 Å². The van der Waals surface area contributed by atoms with Crippen molar-refractivity contribution in [2.45, 2.75) is 57.4 Å². The van der Waals surface area contributed by atoms with Crippen LogP contribution in [0, 0.1) is 6.92 Å². The quantitative estimate of drug-likeness (QED) is 0.437. The van der Waals surface area contributed by atoms with Gasteiger partial charge in [0.2, 0.25) is 17.6 Å². The van der Waals surface area contributed by atoms with Crippen molar-refractivity contribution in [3.8, 4) is 11.6 Å². The lowest BCUT2D eigenvalue weighted by molar-refractivity contribution is -0.143. The van der Waals surface area contributed by atoms with Crippen molar-refractivity contribution >= 4 is 23.2 Å². The number of hydrogen-bond donors (Lipinski definition) is 1. The smallest absolute Gasteiger partial charge is 0.248 e. The SMILES string of the molecule is Cc1ccc(-c2nnn(CC(=O)N(C[C@@H]3CCCO3)[C@H](C(=O)NC[C@H]3CCCO3)c3cccs3)n2)o1. The average Bonchev–Trinajstić information content (AvgIpc) is 3.68. The van der Waals surface area contributed by atoms with E-state index in [0.717, 1.165) is 36.3 Å². The van der Waals surface area contributed by atoms with Crippen LogP contribution in [0.25, 0.3) is 11.6 Å². The predicted octanol–water partition coefficient (Wildman–Crippen LogP) is 2.35. The van der Waals surface area contributed by atoms with Gasteiger partial charge in [0.1, 0.15) is 18.3 Å². The molecule has 11 nitrogen and oxygen atoms in total. The van der Waals surface area contributed by atoms with Crippen molar-refractivity contribution in [2.24, 2.45) is 0 Å². The van der Waals surface area contributed by atoms with Crippen LogP contribution in [0.5, 0.6) is 0 Å². The molecule has 1 N–H and O–H groups in total. The van der Waals surface area contributed by atoms with Crippen LogP contribution in [0.4, 0.5) is 0 Å². The molecule has 0 spiro atoms. The second kappa shape index (κ2) is 11.3. The van der Waals surface area contributed by atoms with Crippen LogP contribution in [0.2, 0.25) is 0 Å². The zero-order valence-electron chi connectivity index (χ0n) is 20.2. The Hall–Kier alpha value is -3.09. The Balaban J connectivity index is 1.36. The Morgan fingerprint density at radius 1 is 1.19 bits per heavy atom. The first-order chi connectivity index (χ1) is 17.6. The number of carbonyl (C=O) groups excluding carboxylic acids is 2. The molecule has 2 aliphatic heterocycles. The van der Waals surface area contributed by atoms with E-state index in [-0.39, 0.29) is 30.6 Å². The van der Waals surface area contributed by atoms with E-state index >= 15 is 0 Å². The number of nitrogens with one attached hydrogen (secondary N) is 1. The molecule has 192 valence electrons. The predicted molar refractivity (Wildman–Crippen MR) is 130 cm³/mol. The summed E-state index contributed by atoms with van der Waals surface area (Å²) in [7, 11) is 0. The molecule has 36 heavy (non-hydrogen) atoms.